The number of para-hydroxylation sites is 2. The van der Waals surface area contributed by atoms with E-state index in [2.05, 4.69) is 5.32 Å². The topological polar surface area (TPSA) is 69.7 Å². The van der Waals surface area contributed by atoms with Gasteiger partial charge in [-0.25, -0.2) is 0 Å². The van der Waals surface area contributed by atoms with E-state index < -0.39 is 0 Å². The third kappa shape index (κ3) is 4.65. The van der Waals surface area contributed by atoms with Crippen molar-refractivity contribution in [2.24, 2.45) is 0 Å². The molecule has 0 fully saturated rings. The second-order valence-electron chi connectivity index (χ2n) is 6.42. The SMILES string of the molecule is CN(Cc1cccc(Cl)c1)C(=O)CCC(=O)N1CC(=O)Nc2ccccc21. The maximum atomic E-state index is 12.6. The number of hydrogen-bond donors (Lipinski definition) is 1. The number of anilines is 2. The Balaban J connectivity index is 1.59. The van der Waals surface area contributed by atoms with Gasteiger partial charge in [-0.2, -0.15) is 0 Å². The number of nitrogens with zero attached hydrogens (tertiary/aromatic N) is 2. The van der Waals surface area contributed by atoms with E-state index in [0.29, 0.717) is 22.9 Å². The number of rotatable bonds is 5. The molecule has 0 spiro atoms. The molecule has 2 aromatic carbocycles. The van der Waals surface area contributed by atoms with E-state index in [-0.39, 0.29) is 37.1 Å². The first-order valence-corrected chi connectivity index (χ1v) is 8.99. The highest BCUT2D eigenvalue weighted by molar-refractivity contribution is 6.30. The number of halogens is 1. The first kappa shape index (κ1) is 18.9. The molecule has 1 aliphatic rings. The minimum atomic E-state index is -0.248. The van der Waals surface area contributed by atoms with Crippen molar-refractivity contribution in [2.75, 3.05) is 23.8 Å². The van der Waals surface area contributed by atoms with Crippen molar-refractivity contribution in [2.45, 2.75) is 19.4 Å². The summed E-state index contributed by atoms with van der Waals surface area (Å²) >= 11 is 5.96. The molecule has 1 heterocycles. The third-order valence-electron chi connectivity index (χ3n) is 4.36. The van der Waals surface area contributed by atoms with Crippen LogP contribution in [-0.4, -0.2) is 36.2 Å². The molecule has 7 heteroatoms. The van der Waals surface area contributed by atoms with Crippen LogP contribution in [0.15, 0.2) is 48.5 Å². The van der Waals surface area contributed by atoms with E-state index in [9.17, 15) is 14.4 Å². The molecule has 3 amide bonds. The molecule has 140 valence electrons. The average molecular weight is 386 g/mol. The summed E-state index contributed by atoms with van der Waals surface area (Å²) in [7, 11) is 1.69. The van der Waals surface area contributed by atoms with E-state index in [1.165, 1.54) is 4.90 Å². The molecular formula is C20H20ClN3O3. The number of hydrogen-bond acceptors (Lipinski definition) is 3. The molecule has 2 aromatic rings. The Labute approximate surface area is 162 Å². The van der Waals surface area contributed by atoms with Crippen LogP contribution < -0.4 is 10.2 Å². The molecule has 0 atom stereocenters. The fraction of sp³-hybridized carbons (Fsp3) is 0.250. The van der Waals surface area contributed by atoms with Crippen molar-refractivity contribution < 1.29 is 14.4 Å². The van der Waals surface area contributed by atoms with Gasteiger partial charge >= 0.3 is 0 Å². The van der Waals surface area contributed by atoms with Gasteiger partial charge in [-0.1, -0.05) is 35.9 Å². The van der Waals surface area contributed by atoms with Gasteiger partial charge in [0.15, 0.2) is 0 Å². The predicted octanol–water partition coefficient (Wildman–Crippen LogP) is 3.06. The normalized spacial score (nSPS) is 13.0. The summed E-state index contributed by atoms with van der Waals surface area (Å²) in [6.45, 7) is 0.380. The highest BCUT2D eigenvalue weighted by Gasteiger charge is 2.26. The van der Waals surface area contributed by atoms with Crippen molar-refractivity contribution in [3.8, 4) is 0 Å². The summed E-state index contributed by atoms with van der Waals surface area (Å²) in [5.74, 6) is -0.633. The van der Waals surface area contributed by atoms with E-state index in [0.717, 1.165) is 5.56 Å². The van der Waals surface area contributed by atoms with E-state index in [4.69, 9.17) is 11.6 Å². The van der Waals surface area contributed by atoms with E-state index in [1.807, 2.05) is 12.1 Å². The van der Waals surface area contributed by atoms with Gasteiger partial charge in [-0.15, -0.1) is 0 Å². The van der Waals surface area contributed by atoms with Gasteiger partial charge in [0.2, 0.25) is 17.7 Å². The van der Waals surface area contributed by atoms with Gasteiger partial charge in [0.25, 0.3) is 0 Å². The highest BCUT2D eigenvalue weighted by Crippen LogP contribution is 2.29. The largest absolute Gasteiger partial charge is 0.341 e. The summed E-state index contributed by atoms with van der Waals surface area (Å²) in [6, 6.07) is 14.4. The molecule has 0 radical (unpaired) electrons. The fourth-order valence-electron chi connectivity index (χ4n) is 2.99. The van der Waals surface area contributed by atoms with Gasteiger partial charge in [0, 0.05) is 31.5 Å². The quantitative estimate of drug-likeness (QED) is 0.859. The lowest BCUT2D eigenvalue weighted by molar-refractivity contribution is -0.132. The van der Waals surface area contributed by atoms with Crippen LogP contribution in [0.1, 0.15) is 18.4 Å². The molecular weight excluding hydrogens is 366 g/mol. The molecule has 0 saturated heterocycles. The van der Waals surface area contributed by atoms with Crippen LogP contribution in [0.4, 0.5) is 11.4 Å². The highest BCUT2D eigenvalue weighted by atomic mass is 35.5. The van der Waals surface area contributed by atoms with E-state index in [1.54, 1.807) is 48.3 Å². The van der Waals surface area contributed by atoms with Crippen LogP contribution in [0.5, 0.6) is 0 Å². The zero-order valence-corrected chi connectivity index (χ0v) is 15.7. The van der Waals surface area contributed by atoms with Gasteiger partial charge < -0.3 is 15.1 Å². The van der Waals surface area contributed by atoms with Crippen molar-refractivity contribution in [3.05, 3.63) is 59.1 Å². The Kier molecular flexibility index (Phi) is 5.76. The van der Waals surface area contributed by atoms with Crippen molar-refractivity contribution in [1.82, 2.24) is 4.90 Å². The monoisotopic (exact) mass is 385 g/mol. The van der Waals surface area contributed by atoms with Gasteiger partial charge in [0.05, 0.1) is 11.4 Å². The lowest BCUT2D eigenvalue weighted by Gasteiger charge is -2.29. The van der Waals surface area contributed by atoms with Crippen molar-refractivity contribution in [1.29, 1.82) is 0 Å². The lowest BCUT2D eigenvalue weighted by atomic mass is 10.1. The summed E-state index contributed by atoms with van der Waals surface area (Å²) in [5.41, 5.74) is 2.18. The minimum Gasteiger partial charge on any atom is -0.341 e. The Hall–Kier alpha value is -2.86. The first-order chi connectivity index (χ1) is 12.9. The molecule has 1 aliphatic heterocycles. The smallest absolute Gasteiger partial charge is 0.244 e. The molecule has 0 aliphatic carbocycles. The summed E-state index contributed by atoms with van der Waals surface area (Å²) < 4.78 is 0. The molecule has 0 saturated carbocycles. The van der Waals surface area contributed by atoms with E-state index >= 15 is 0 Å². The molecule has 0 unspecified atom stereocenters. The molecule has 3 rings (SSSR count). The van der Waals surface area contributed by atoms with Crippen LogP contribution in [0.3, 0.4) is 0 Å². The maximum absolute atomic E-state index is 12.6. The third-order valence-corrected chi connectivity index (χ3v) is 4.59. The van der Waals surface area contributed by atoms with Gasteiger partial charge in [-0.3, -0.25) is 14.4 Å². The van der Waals surface area contributed by atoms with Gasteiger partial charge in [0.1, 0.15) is 6.54 Å². The number of benzene rings is 2. The maximum Gasteiger partial charge on any atom is 0.244 e. The molecule has 27 heavy (non-hydrogen) atoms. The summed E-state index contributed by atoms with van der Waals surface area (Å²) in [6.07, 6.45) is 0.122. The molecule has 0 aromatic heterocycles. The standard InChI is InChI=1S/C20H20ClN3O3/c1-23(12-14-5-4-6-15(21)11-14)19(26)9-10-20(27)24-13-18(25)22-16-7-2-3-8-17(16)24/h2-8,11H,9-10,12-13H2,1H3,(H,22,25). The summed E-state index contributed by atoms with van der Waals surface area (Å²) in [4.78, 5) is 39.8. The minimum absolute atomic E-state index is 0.0393. The molecule has 6 nitrogen and oxygen atoms in total. The fourth-order valence-corrected chi connectivity index (χ4v) is 3.21. The Bertz CT molecular complexity index is 884. The van der Waals surface area contributed by atoms with Crippen LogP contribution >= 0.6 is 11.6 Å². The van der Waals surface area contributed by atoms with Crippen LogP contribution in [0, 0.1) is 0 Å². The van der Waals surface area contributed by atoms with Crippen LogP contribution in [0.25, 0.3) is 0 Å². The molecule has 0 bridgehead atoms. The Morgan fingerprint density at radius 1 is 1.15 bits per heavy atom. The van der Waals surface area contributed by atoms with Crippen LogP contribution in [-0.2, 0) is 20.9 Å². The average Bonchev–Trinajstić information content (AvgIpc) is 2.65. The number of carbonyl (C=O) groups is 3. The van der Waals surface area contributed by atoms with Gasteiger partial charge in [-0.05, 0) is 29.8 Å². The second kappa shape index (κ2) is 8.22. The second-order valence-corrected chi connectivity index (χ2v) is 6.86. The first-order valence-electron chi connectivity index (χ1n) is 8.61. The number of fused-ring (bicyclic) bond motifs is 1. The Morgan fingerprint density at radius 3 is 2.70 bits per heavy atom. The van der Waals surface area contributed by atoms with Crippen molar-refractivity contribution in [3.63, 3.8) is 0 Å². The number of carbonyl (C=O) groups excluding carboxylic acids is 3. The predicted molar refractivity (Wildman–Crippen MR) is 105 cm³/mol. The van der Waals surface area contributed by atoms with Crippen molar-refractivity contribution >= 4 is 40.7 Å². The number of nitrogens with one attached hydrogen (secondary N) is 1. The number of amides is 3. The van der Waals surface area contributed by atoms with Crippen LogP contribution in [0.2, 0.25) is 5.02 Å². The zero-order chi connectivity index (χ0) is 19.4. The Morgan fingerprint density at radius 2 is 1.93 bits per heavy atom. The summed E-state index contributed by atoms with van der Waals surface area (Å²) in [5, 5.41) is 3.36. The molecule has 1 N–H and O–H groups in total. The zero-order valence-electron chi connectivity index (χ0n) is 14.9. The lowest BCUT2D eigenvalue weighted by Crippen LogP contribution is -2.42.